The van der Waals surface area contributed by atoms with Crippen LogP contribution in [0.1, 0.15) is 5.56 Å². The van der Waals surface area contributed by atoms with Gasteiger partial charge in [-0.25, -0.2) is 0 Å². The Morgan fingerprint density at radius 1 is 1.00 bits per heavy atom. The molecule has 0 atom stereocenters. The summed E-state index contributed by atoms with van der Waals surface area (Å²) in [5, 5.41) is 7.73. The van der Waals surface area contributed by atoms with Crippen LogP contribution in [-0.4, -0.2) is 17.6 Å². The smallest absolute Gasteiger partial charge is 0.418 e. The Balaban J connectivity index is 0.000000280. The molecular formula is C10H10BF4N3. The zero-order valence-corrected chi connectivity index (χ0v) is 9.26. The molecule has 0 aliphatic rings. The molecule has 8 heteroatoms. The minimum Gasteiger partial charge on any atom is -0.418 e. The van der Waals surface area contributed by atoms with Gasteiger partial charge in [-0.1, -0.05) is 30.3 Å². The Hall–Kier alpha value is -1.99. The van der Waals surface area contributed by atoms with Crippen molar-refractivity contribution in [3.8, 4) is 0 Å². The lowest BCUT2D eigenvalue weighted by Crippen LogP contribution is -2.38. The van der Waals surface area contributed by atoms with Crippen LogP contribution in [0, 0.1) is 0 Å². The molecule has 0 saturated carbocycles. The molecule has 1 aromatic heterocycles. The molecule has 2 rings (SSSR count). The highest BCUT2D eigenvalue weighted by atomic mass is 19.5. The molecule has 0 saturated heterocycles. The van der Waals surface area contributed by atoms with E-state index in [1.165, 1.54) is 5.56 Å². The van der Waals surface area contributed by atoms with Gasteiger partial charge in [0.2, 0.25) is 0 Å². The summed E-state index contributed by atoms with van der Waals surface area (Å²) in [6.07, 6.45) is 3.57. The average molecular weight is 259 g/mol. The quantitative estimate of drug-likeness (QED) is 0.469. The molecule has 0 unspecified atom stereocenters. The summed E-state index contributed by atoms with van der Waals surface area (Å²) in [4.78, 5) is 0. The van der Waals surface area contributed by atoms with Crippen molar-refractivity contribution in [2.45, 2.75) is 6.54 Å². The molecule has 0 spiro atoms. The highest BCUT2D eigenvalue weighted by Gasteiger charge is 2.20. The van der Waals surface area contributed by atoms with Gasteiger partial charge in [0.25, 0.3) is 0 Å². The van der Waals surface area contributed by atoms with Crippen molar-refractivity contribution < 1.29 is 21.9 Å². The highest BCUT2D eigenvalue weighted by molar-refractivity contribution is 6.50. The van der Waals surface area contributed by atoms with Crippen LogP contribution < -0.4 is 4.68 Å². The topological polar surface area (TPSA) is 29.7 Å². The van der Waals surface area contributed by atoms with Crippen LogP contribution in [0.2, 0.25) is 0 Å². The van der Waals surface area contributed by atoms with Crippen LogP contribution in [0.25, 0.3) is 0 Å². The Kier molecular flexibility index (Phi) is 5.22. The molecule has 0 aliphatic heterocycles. The van der Waals surface area contributed by atoms with E-state index in [1.54, 1.807) is 10.9 Å². The number of hydrogen-bond donors (Lipinski definition) is 0. The maximum Gasteiger partial charge on any atom is 0.673 e. The van der Waals surface area contributed by atoms with Crippen LogP contribution in [0.3, 0.4) is 0 Å². The van der Waals surface area contributed by atoms with Crippen LogP contribution >= 0.6 is 0 Å². The summed E-state index contributed by atoms with van der Waals surface area (Å²) in [6, 6.07) is 12.1. The van der Waals surface area contributed by atoms with Crippen molar-refractivity contribution >= 4 is 7.25 Å². The lowest BCUT2D eigenvalue weighted by atomic mass is 10.2. The fourth-order valence-electron chi connectivity index (χ4n) is 1.16. The second kappa shape index (κ2) is 6.68. The van der Waals surface area contributed by atoms with Gasteiger partial charge in [0.1, 0.15) is 18.0 Å². The van der Waals surface area contributed by atoms with E-state index in [0.717, 1.165) is 6.54 Å². The van der Waals surface area contributed by atoms with E-state index >= 15 is 0 Å². The normalized spacial score (nSPS) is 10.4. The highest BCUT2D eigenvalue weighted by Crippen LogP contribution is 2.06. The lowest BCUT2D eigenvalue weighted by Gasteiger charge is -1.95. The van der Waals surface area contributed by atoms with Crippen LogP contribution in [-0.2, 0) is 6.54 Å². The molecule has 2 aromatic rings. The summed E-state index contributed by atoms with van der Waals surface area (Å²) in [5.41, 5.74) is 1.23. The Morgan fingerprint density at radius 3 is 2.11 bits per heavy atom. The third-order valence-electron chi connectivity index (χ3n) is 1.76. The lowest BCUT2D eigenvalue weighted by molar-refractivity contribution is -0.751. The minimum absolute atomic E-state index is 0.772. The van der Waals surface area contributed by atoms with E-state index in [9.17, 15) is 17.3 Å². The Morgan fingerprint density at radius 2 is 1.61 bits per heavy atom. The summed E-state index contributed by atoms with van der Waals surface area (Å²) in [5.74, 6) is 0. The number of hydrogen-bond acceptors (Lipinski definition) is 2. The third kappa shape index (κ3) is 7.31. The van der Waals surface area contributed by atoms with Crippen LogP contribution in [0.4, 0.5) is 17.3 Å². The van der Waals surface area contributed by atoms with Crippen molar-refractivity contribution in [3.05, 3.63) is 54.4 Å². The first kappa shape index (κ1) is 14.1. The van der Waals surface area contributed by atoms with Gasteiger partial charge in [-0.2, -0.15) is 0 Å². The molecule has 0 N–H and O–H groups in total. The number of rotatable bonds is 2. The maximum atomic E-state index is 9.75. The largest absolute Gasteiger partial charge is 0.673 e. The van der Waals surface area contributed by atoms with E-state index in [-0.39, 0.29) is 0 Å². The molecule has 96 valence electrons. The fraction of sp³-hybridized carbons (Fsp3) is 0.100. The second-order valence-corrected chi connectivity index (χ2v) is 3.27. The number of nitrogens with zero attached hydrogens (tertiary/aromatic N) is 3. The van der Waals surface area contributed by atoms with Gasteiger partial charge in [-0.3, -0.25) is 0 Å². The predicted octanol–water partition coefficient (Wildman–Crippen LogP) is 2.11. The van der Waals surface area contributed by atoms with Crippen molar-refractivity contribution in [1.29, 1.82) is 0 Å². The molecule has 18 heavy (non-hydrogen) atoms. The number of aromatic nitrogens is 3. The fourth-order valence-corrected chi connectivity index (χ4v) is 1.16. The monoisotopic (exact) mass is 259 g/mol. The molecular weight excluding hydrogens is 249 g/mol. The van der Waals surface area contributed by atoms with E-state index in [1.807, 2.05) is 30.5 Å². The van der Waals surface area contributed by atoms with Crippen molar-refractivity contribution in [2.24, 2.45) is 0 Å². The molecule has 1 heterocycles. The third-order valence-corrected chi connectivity index (χ3v) is 1.76. The molecule has 0 radical (unpaired) electrons. The predicted molar refractivity (Wildman–Crippen MR) is 58.0 cm³/mol. The van der Waals surface area contributed by atoms with Gasteiger partial charge in [0, 0.05) is 6.07 Å². The van der Waals surface area contributed by atoms with E-state index in [0.29, 0.717) is 0 Å². The van der Waals surface area contributed by atoms with Gasteiger partial charge in [-0.05, 0) is 5.56 Å². The SMILES string of the molecule is F[B-](F)(F)F.c1ccc(C[n+]2cccnn2)cc1. The summed E-state index contributed by atoms with van der Waals surface area (Å²) >= 11 is 0. The van der Waals surface area contributed by atoms with Gasteiger partial charge in [0.05, 0.1) is 5.10 Å². The van der Waals surface area contributed by atoms with Crippen LogP contribution in [0.15, 0.2) is 48.8 Å². The summed E-state index contributed by atoms with van der Waals surface area (Å²) < 4.78 is 40.8. The summed E-state index contributed by atoms with van der Waals surface area (Å²) in [7, 11) is -6.00. The molecule has 0 bridgehead atoms. The average Bonchev–Trinajstić information content (AvgIpc) is 2.29. The van der Waals surface area contributed by atoms with E-state index < -0.39 is 7.25 Å². The maximum absolute atomic E-state index is 9.75. The zero-order valence-electron chi connectivity index (χ0n) is 9.26. The molecule has 0 aliphatic carbocycles. The first-order chi connectivity index (χ1) is 8.45. The number of benzene rings is 1. The first-order valence-electron chi connectivity index (χ1n) is 5.04. The van der Waals surface area contributed by atoms with Crippen molar-refractivity contribution in [3.63, 3.8) is 0 Å². The number of halogens is 4. The van der Waals surface area contributed by atoms with E-state index in [2.05, 4.69) is 22.4 Å². The summed E-state index contributed by atoms with van der Waals surface area (Å²) in [6.45, 7) is 0.772. The van der Waals surface area contributed by atoms with Gasteiger partial charge in [0.15, 0.2) is 6.20 Å². The molecule has 3 nitrogen and oxygen atoms in total. The molecule has 0 fully saturated rings. The van der Waals surface area contributed by atoms with Crippen molar-refractivity contribution in [1.82, 2.24) is 10.3 Å². The Labute approximate surface area is 101 Å². The van der Waals surface area contributed by atoms with E-state index in [4.69, 9.17) is 0 Å². The zero-order chi connectivity index (χ0) is 13.4. The standard InChI is InChI=1S/C10H10N3.BF4/c1-2-5-10(6-3-1)9-13-8-4-7-11-12-13;2-1(3,4)5/h1-8H,9H2;/q+1;-1. The second-order valence-electron chi connectivity index (χ2n) is 3.27. The Bertz CT molecular complexity index is 406. The molecule has 0 amide bonds. The first-order valence-corrected chi connectivity index (χ1v) is 5.04. The molecule has 1 aromatic carbocycles. The van der Waals surface area contributed by atoms with Gasteiger partial charge < -0.3 is 17.3 Å². The minimum atomic E-state index is -6.00. The van der Waals surface area contributed by atoms with Crippen molar-refractivity contribution in [2.75, 3.05) is 0 Å². The van der Waals surface area contributed by atoms with Crippen LogP contribution in [0.5, 0.6) is 0 Å². The van der Waals surface area contributed by atoms with Gasteiger partial charge in [-0.15, -0.1) is 4.68 Å². The van der Waals surface area contributed by atoms with Gasteiger partial charge >= 0.3 is 7.25 Å².